The molecule has 1 heterocycles. The van der Waals surface area contributed by atoms with Gasteiger partial charge in [-0.2, -0.15) is 0 Å². The normalized spacial score (nSPS) is 15.6. The second-order valence-corrected chi connectivity index (χ2v) is 19.4. The Bertz CT molecular complexity index is 1920. The molecule has 10 nitrogen and oxygen atoms in total. The molecule has 0 aromatic heterocycles. The van der Waals surface area contributed by atoms with Crippen LogP contribution in [0.2, 0.25) is 10.0 Å². The maximum atomic E-state index is 13.2. The van der Waals surface area contributed by atoms with Crippen LogP contribution >= 0.6 is 23.2 Å². The number of likely N-dealkylation sites (N-methyl/N-ethyl adjacent to an activating group) is 1. The molecule has 3 aromatic rings. The van der Waals surface area contributed by atoms with E-state index in [0.717, 1.165) is 16.7 Å². The minimum Gasteiger partial charge on any atom is -0.379 e. The van der Waals surface area contributed by atoms with Gasteiger partial charge in [0.1, 0.15) is 0 Å². The van der Waals surface area contributed by atoms with Gasteiger partial charge >= 0.3 is 0 Å². The van der Waals surface area contributed by atoms with Crippen molar-refractivity contribution in [3.8, 4) is 0 Å². The number of fused-ring (bicyclic) bond motifs is 1. The van der Waals surface area contributed by atoms with Crippen molar-refractivity contribution >= 4 is 52.7 Å². The summed E-state index contributed by atoms with van der Waals surface area (Å²) >= 11 is 12.8. The van der Waals surface area contributed by atoms with Gasteiger partial charge in [-0.1, -0.05) is 48.3 Å². The van der Waals surface area contributed by atoms with Gasteiger partial charge in [0.25, 0.3) is 0 Å². The van der Waals surface area contributed by atoms with E-state index in [4.69, 9.17) is 37.4 Å². The lowest BCUT2D eigenvalue weighted by Crippen LogP contribution is -2.31. The average molecular weight is 791 g/mol. The van der Waals surface area contributed by atoms with Gasteiger partial charge in [0.05, 0.1) is 58.4 Å². The van der Waals surface area contributed by atoms with Crippen LogP contribution in [-0.4, -0.2) is 101 Å². The summed E-state index contributed by atoms with van der Waals surface area (Å²) in [6.45, 7) is 4.78. The molecule has 1 aliphatic rings. The van der Waals surface area contributed by atoms with Crippen molar-refractivity contribution in [1.29, 1.82) is 0 Å². The first kappa shape index (κ1) is 40.7. The van der Waals surface area contributed by atoms with Gasteiger partial charge in [-0.3, -0.25) is 0 Å². The van der Waals surface area contributed by atoms with Crippen molar-refractivity contribution in [2.24, 2.45) is 0 Å². The zero-order chi connectivity index (χ0) is 36.4. The predicted octanol–water partition coefficient (Wildman–Crippen LogP) is 5.83. The molecule has 1 unspecified atom stereocenters. The number of nitrogens with zero attached hydrogens (tertiary/aromatic N) is 1. The van der Waals surface area contributed by atoms with E-state index in [-0.39, 0.29) is 70.7 Å². The molecule has 0 amide bonds. The molecule has 0 spiro atoms. The van der Waals surface area contributed by atoms with Gasteiger partial charge < -0.3 is 19.1 Å². The third-order valence-electron chi connectivity index (χ3n) is 8.26. The quantitative estimate of drug-likeness (QED) is 0.129. The van der Waals surface area contributed by atoms with Gasteiger partial charge in [0.2, 0.25) is 0 Å². The molecule has 50 heavy (non-hydrogen) atoms. The van der Waals surface area contributed by atoms with Crippen LogP contribution in [0.4, 0.5) is 0 Å². The number of hydrogen-bond donors (Lipinski definition) is 0. The Morgan fingerprint density at radius 3 is 1.74 bits per heavy atom. The van der Waals surface area contributed by atoms with E-state index in [1.807, 2.05) is 19.2 Å². The van der Waals surface area contributed by atoms with E-state index in [0.29, 0.717) is 49.2 Å². The van der Waals surface area contributed by atoms with E-state index in [2.05, 4.69) is 4.90 Å². The summed E-state index contributed by atoms with van der Waals surface area (Å²) in [5.41, 5.74) is 2.91. The van der Waals surface area contributed by atoms with E-state index < -0.39 is 29.5 Å². The Labute approximate surface area is 306 Å². The van der Waals surface area contributed by atoms with Crippen LogP contribution in [0, 0.1) is 0 Å². The van der Waals surface area contributed by atoms with E-state index in [9.17, 15) is 25.3 Å². The van der Waals surface area contributed by atoms with Crippen molar-refractivity contribution in [2.45, 2.75) is 53.3 Å². The van der Waals surface area contributed by atoms with Crippen molar-refractivity contribution in [3.05, 3.63) is 87.4 Å². The SMILES string of the molecule is CCCS(=O)(=O)c1cccc(S(=O)(=O)CCCOCCOCCOCCCS(=O)(=O)c2cccc(C3CN(C)Cc4c(Cl)cc(Cl)cc43)c2)c1. The topological polar surface area (TPSA) is 133 Å². The van der Waals surface area contributed by atoms with Crippen molar-refractivity contribution in [2.75, 3.05) is 70.5 Å². The minimum absolute atomic E-state index is 0.0111. The lowest BCUT2D eigenvalue weighted by molar-refractivity contribution is 0.0149. The number of rotatable bonds is 20. The van der Waals surface area contributed by atoms with Gasteiger partial charge in [-0.25, -0.2) is 25.3 Å². The molecule has 3 aromatic carbocycles. The molecular weight excluding hydrogens is 745 g/mol. The second-order valence-electron chi connectivity index (χ2n) is 12.3. The number of ether oxygens (including phenoxy) is 3. The Hall–Kier alpha value is -2.07. The molecule has 0 aliphatic carbocycles. The summed E-state index contributed by atoms with van der Waals surface area (Å²) in [7, 11) is -8.69. The minimum atomic E-state index is -3.66. The Morgan fingerprint density at radius 2 is 1.18 bits per heavy atom. The number of benzene rings is 3. The molecule has 0 bridgehead atoms. The first-order chi connectivity index (χ1) is 23.7. The van der Waals surface area contributed by atoms with Gasteiger partial charge in [-0.05, 0) is 85.5 Å². The molecule has 276 valence electrons. The fourth-order valence-corrected chi connectivity index (χ4v) is 10.5. The van der Waals surface area contributed by atoms with E-state index in [1.54, 1.807) is 31.2 Å². The summed E-state index contributed by atoms with van der Waals surface area (Å²) < 4.78 is 92.8. The van der Waals surface area contributed by atoms with Gasteiger partial charge in [0.15, 0.2) is 29.5 Å². The second kappa shape index (κ2) is 18.6. The zero-order valence-electron chi connectivity index (χ0n) is 28.4. The van der Waals surface area contributed by atoms with Crippen LogP contribution in [0.1, 0.15) is 48.8 Å². The summed E-state index contributed by atoms with van der Waals surface area (Å²) in [4.78, 5) is 2.42. The van der Waals surface area contributed by atoms with Crippen molar-refractivity contribution < 1.29 is 39.5 Å². The largest absolute Gasteiger partial charge is 0.379 e. The van der Waals surface area contributed by atoms with Gasteiger partial charge in [-0.15, -0.1) is 0 Å². The number of sulfone groups is 3. The monoisotopic (exact) mass is 789 g/mol. The lowest BCUT2D eigenvalue weighted by atomic mass is 9.85. The molecule has 0 N–H and O–H groups in total. The highest BCUT2D eigenvalue weighted by atomic mass is 35.5. The Kier molecular flexibility index (Phi) is 15.2. The fourth-order valence-electron chi connectivity index (χ4n) is 5.78. The molecule has 1 atom stereocenters. The smallest absolute Gasteiger partial charge is 0.178 e. The average Bonchev–Trinajstić information content (AvgIpc) is 3.07. The molecule has 0 saturated carbocycles. The highest BCUT2D eigenvalue weighted by Gasteiger charge is 2.28. The standard InChI is InChI=1S/C35H45Cl2NO9S3/c1-3-18-48(39,40)30-10-5-11-31(24-30)50(43,44)20-7-13-46-15-17-47-16-14-45-12-6-19-49(41,42)29-9-4-8-27(21-29)33-25-38(2)26-34-32(33)22-28(36)23-35(34)37/h4-5,8-11,21-24,33H,3,6-7,12-20,25-26H2,1-2H3. The van der Waals surface area contributed by atoms with Crippen LogP contribution in [0.15, 0.2) is 75.4 Å². The van der Waals surface area contributed by atoms with Crippen molar-refractivity contribution in [3.63, 3.8) is 0 Å². The first-order valence-corrected chi connectivity index (χ1v) is 22.2. The van der Waals surface area contributed by atoms with Crippen LogP contribution in [-0.2, 0) is 50.3 Å². The maximum absolute atomic E-state index is 13.2. The molecule has 1 aliphatic heterocycles. The van der Waals surface area contributed by atoms with Crippen LogP contribution in [0.3, 0.4) is 0 Å². The summed E-state index contributed by atoms with van der Waals surface area (Å²) in [6.07, 6.45) is 1.03. The lowest BCUT2D eigenvalue weighted by Gasteiger charge is -2.33. The summed E-state index contributed by atoms with van der Waals surface area (Å²) in [5.74, 6) is -0.323. The first-order valence-electron chi connectivity index (χ1n) is 16.5. The molecule has 15 heteroatoms. The Morgan fingerprint density at radius 1 is 0.680 bits per heavy atom. The molecular formula is C35H45Cl2NO9S3. The third kappa shape index (κ3) is 11.5. The van der Waals surface area contributed by atoms with Crippen LogP contribution in [0.25, 0.3) is 0 Å². The van der Waals surface area contributed by atoms with E-state index >= 15 is 0 Å². The highest BCUT2D eigenvalue weighted by Crippen LogP contribution is 2.39. The molecule has 4 rings (SSSR count). The molecule has 0 saturated heterocycles. The number of halogens is 2. The zero-order valence-corrected chi connectivity index (χ0v) is 32.3. The third-order valence-corrected chi connectivity index (χ3v) is 14.3. The molecule has 0 fully saturated rings. The number of hydrogen-bond acceptors (Lipinski definition) is 10. The Balaban J connectivity index is 1.10. The summed E-state index contributed by atoms with van der Waals surface area (Å²) in [6, 6.07) is 16.2. The maximum Gasteiger partial charge on any atom is 0.178 e. The predicted molar refractivity (Wildman–Crippen MR) is 196 cm³/mol. The van der Waals surface area contributed by atoms with Crippen LogP contribution < -0.4 is 0 Å². The van der Waals surface area contributed by atoms with Crippen LogP contribution in [0.5, 0.6) is 0 Å². The van der Waals surface area contributed by atoms with Crippen molar-refractivity contribution in [1.82, 2.24) is 4.90 Å². The fraction of sp³-hybridized carbons (Fsp3) is 0.486. The van der Waals surface area contributed by atoms with Gasteiger partial charge in [0, 0.05) is 42.3 Å². The summed E-state index contributed by atoms with van der Waals surface area (Å²) in [5, 5.41) is 1.16. The highest BCUT2D eigenvalue weighted by molar-refractivity contribution is 7.92. The molecule has 0 radical (unpaired) electrons. The van der Waals surface area contributed by atoms with E-state index in [1.165, 1.54) is 24.3 Å².